The van der Waals surface area contributed by atoms with E-state index < -0.39 is 0 Å². The molecule has 2 rings (SSSR count). The van der Waals surface area contributed by atoms with Gasteiger partial charge in [0, 0.05) is 20.6 Å². The summed E-state index contributed by atoms with van der Waals surface area (Å²) in [6.45, 7) is 0.708. The Bertz CT molecular complexity index is 588. The van der Waals surface area contributed by atoms with Crippen LogP contribution < -0.4 is 15.0 Å². The average molecular weight is 308 g/mol. The van der Waals surface area contributed by atoms with Crippen molar-refractivity contribution < 1.29 is 4.74 Å². The van der Waals surface area contributed by atoms with Gasteiger partial charge in [0.1, 0.15) is 5.75 Å². The molecule has 0 spiro atoms. The van der Waals surface area contributed by atoms with E-state index in [0.717, 1.165) is 12.2 Å². The van der Waals surface area contributed by atoms with E-state index in [2.05, 4.69) is 20.3 Å². The molecule has 1 N–H and O–H groups in total. The first-order valence-corrected chi connectivity index (χ1v) is 6.92. The molecule has 6 nitrogen and oxygen atoms in total. The Balaban J connectivity index is 1.93. The molecule has 112 valence electrons. The smallest absolute Gasteiger partial charge is 0.230 e. The fourth-order valence-corrected chi connectivity index (χ4v) is 1.89. The third-order valence-electron chi connectivity index (χ3n) is 2.85. The van der Waals surface area contributed by atoms with E-state index in [0.29, 0.717) is 18.4 Å². The molecule has 0 amide bonds. The van der Waals surface area contributed by atoms with Gasteiger partial charge in [0.25, 0.3) is 0 Å². The molecule has 7 heteroatoms. The molecule has 1 heterocycles. The SMILES string of the molecule is COc1ccc(CCNc2nc(Cl)nc(N(C)C)n2)cc1. The molecule has 1 aromatic carbocycles. The van der Waals surface area contributed by atoms with E-state index in [1.54, 1.807) is 12.0 Å². The van der Waals surface area contributed by atoms with Crippen LogP contribution in [0.5, 0.6) is 5.75 Å². The molecule has 0 unspecified atom stereocenters. The summed E-state index contributed by atoms with van der Waals surface area (Å²) in [5.41, 5.74) is 1.20. The minimum atomic E-state index is 0.181. The molecule has 0 radical (unpaired) electrons. The quantitative estimate of drug-likeness (QED) is 0.883. The normalized spacial score (nSPS) is 10.3. The van der Waals surface area contributed by atoms with Gasteiger partial charge in [-0.2, -0.15) is 15.0 Å². The van der Waals surface area contributed by atoms with Gasteiger partial charge in [-0.05, 0) is 35.7 Å². The Morgan fingerprint density at radius 1 is 1.14 bits per heavy atom. The lowest BCUT2D eigenvalue weighted by molar-refractivity contribution is 0.414. The highest BCUT2D eigenvalue weighted by atomic mass is 35.5. The molecule has 0 saturated carbocycles. The van der Waals surface area contributed by atoms with Crippen molar-refractivity contribution in [2.24, 2.45) is 0 Å². The van der Waals surface area contributed by atoms with Crippen LogP contribution in [0.25, 0.3) is 0 Å². The number of hydrogen-bond donors (Lipinski definition) is 1. The maximum atomic E-state index is 5.88. The maximum absolute atomic E-state index is 5.88. The highest BCUT2D eigenvalue weighted by Crippen LogP contribution is 2.13. The summed E-state index contributed by atoms with van der Waals surface area (Å²) in [6, 6.07) is 7.96. The number of nitrogens with zero attached hydrogens (tertiary/aromatic N) is 4. The highest BCUT2D eigenvalue weighted by Gasteiger charge is 2.06. The van der Waals surface area contributed by atoms with Gasteiger partial charge < -0.3 is 15.0 Å². The van der Waals surface area contributed by atoms with Gasteiger partial charge >= 0.3 is 0 Å². The number of halogens is 1. The lowest BCUT2D eigenvalue weighted by atomic mass is 10.1. The second kappa shape index (κ2) is 7.08. The van der Waals surface area contributed by atoms with Crippen LogP contribution in [-0.4, -0.2) is 42.7 Å². The molecule has 0 aliphatic carbocycles. The zero-order chi connectivity index (χ0) is 15.2. The molecule has 2 aromatic rings. The number of methoxy groups -OCH3 is 1. The monoisotopic (exact) mass is 307 g/mol. The maximum Gasteiger partial charge on any atom is 0.230 e. The van der Waals surface area contributed by atoms with E-state index in [1.807, 2.05) is 38.4 Å². The van der Waals surface area contributed by atoms with Crippen molar-refractivity contribution in [1.29, 1.82) is 0 Å². The topological polar surface area (TPSA) is 63.2 Å². The van der Waals surface area contributed by atoms with Crippen molar-refractivity contribution in [2.45, 2.75) is 6.42 Å². The van der Waals surface area contributed by atoms with Crippen LogP contribution in [0.2, 0.25) is 5.28 Å². The Morgan fingerprint density at radius 2 is 1.86 bits per heavy atom. The van der Waals surface area contributed by atoms with E-state index in [4.69, 9.17) is 16.3 Å². The molecule has 0 fully saturated rings. The number of hydrogen-bond acceptors (Lipinski definition) is 6. The molecule has 0 atom stereocenters. The van der Waals surface area contributed by atoms with Gasteiger partial charge in [0.05, 0.1) is 7.11 Å². The number of rotatable bonds is 6. The third-order valence-corrected chi connectivity index (χ3v) is 3.02. The Labute approximate surface area is 129 Å². The molecule has 0 aliphatic rings. The first-order chi connectivity index (χ1) is 10.1. The minimum absolute atomic E-state index is 0.181. The Morgan fingerprint density at radius 3 is 2.48 bits per heavy atom. The summed E-state index contributed by atoms with van der Waals surface area (Å²) in [5.74, 6) is 1.86. The average Bonchev–Trinajstić information content (AvgIpc) is 2.47. The summed E-state index contributed by atoms with van der Waals surface area (Å²) in [5, 5.41) is 3.33. The molecule has 1 aromatic heterocycles. The number of benzene rings is 1. The fraction of sp³-hybridized carbons (Fsp3) is 0.357. The molecule has 21 heavy (non-hydrogen) atoms. The van der Waals surface area contributed by atoms with Crippen molar-refractivity contribution in [3.8, 4) is 5.75 Å². The predicted molar refractivity (Wildman–Crippen MR) is 84.4 cm³/mol. The zero-order valence-corrected chi connectivity index (χ0v) is 13.1. The van der Waals surface area contributed by atoms with Crippen LogP contribution in [0, 0.1) is 0 Å². The van der Waals surface area contributed by atoms with Crippen LogP contribution in [0.15, 0.2) is 24.3 Å². The summed E-state index contributed by atoms with van der Waals surface area (Å²) in [7, 11) is 5.36. The molecule has 0 saturated heterocycles. The summed E-state index contributed by atoms with van der Waals surface area (Å²) >= 11 is 5.88. The summed E-state index contributed by atoms with van der Waals surface area (Å²) in [4.78, 5) is 14.2. The van der Waals surface area contributed by atoms with Crippen molar-refractivity contribution >= 4 is 23.5 Å². The molecular formula is C14H18ClN5O. The van der Waals surface area contributed by atoms with Gasteiger partial charge in [0.2, 0.25) is 17.2 Å². The van der Waals surface area contributed by atoms with Gasteiger partial charge in [0.15, 0.2) is 0 Å². The molecule has 0 bridgehead atoms. The van der Waals surface area contributed by atoms with E-state index >= 15 is 0 Å². The van der Waals surface area contributed by atoms with Crippen LogP contribution in [0.1, 0.15) is 5.56 Å². The van der Waals surface area contributed by atoms with Crippen molar-refractivity contribution in [1.82, 2.24) is 15.0 Å². The van der Waals surface area contributed by atoms with Gasteiger partial charge in [-0.15, -0.1) is 0 Å². The van der Waals surface area contributed by atoms with E-state index in [1.165, 1.54) is 5.56 Å². The second-order valence-electron chi connectivity index (χ2n) is 4.65. The number of nitrogens with one attached hydrogen (secondary N) is 1. The largest absolute Gasteiger partial charge is 0.497 e. The highest BCUT2D eigenvalue weighted by molar-refractivity contribution is 6.28. The van der Waals surface area contributed by atoms with E-state index in [-0.39, 0.29) is 5.28 Å². The second-order valence-corrected chi connectivity index (χ2v) is 4.99. The minimum Gasteiger partial charge on any atom is -0.497 e. The van der Waals surface area contributed by atoms with Crippen LogP contribution in [0.4, 0.5) is 11.9 Å². The van der Waals surface area contributed by atoms with Crippen molar-refractivity contribution in [3.05, 3.63) is 35.1 Å². The molecule has 0 aliphatic heterocycles. The lowest BCUT2D eigenvalue weighted by Gasteiger charge is -2.11. The van der Waals surface area contributed by atoms with Gasteiger partial charge in [-0.1, -0.05) is 12.1 Å². The first kappa shape index (κ1) is 15.3. The standard InChI is InChI=1S/C14H18ClN5O/c1-20(2)14-18-12(15)17-13(19-14)16-9-8-10-4-6-11(21-3)7-5-10/h4-7H,8-9H2,1-3H3,(H,16,17,18,19). The summed E-state index contributed by atoms with van der Waals surface area (Å²) in [6.07, 6.45) is 0.852. The number of ether oxygens (including phenoxy) is 1. The van der Waals surface area contributed by atoms with Crippen LogP contribution in [-0.2, 0) is 6.42 Å². The fourth-order valence-electron chi connectivity index (χ4n) is 1.73. The molecular weight excluding hydrogens is 290 g/mol. The Kier molecular flexibility index (Phi) is 5.16. The number of aromatic nitrogens is 3. The van der Waals surface area contributed by atoms with Crippen molar-refractivity contribution in [2.75, 3.05) is 38.0 Å². The third kappa shape index (κ3) is 4.46. The van der Waals surface area contributed by atoms with Gasteiger partial charge in [-0.25, -0.2) is 0 Å². The van der Waals surface area contributed by atoms with Crippen LogP contribution >= 0.6 is 11.6 Å². The van der Waals surface area contributed by atoms with Gasteiger partial charge in [-0.3, -0.25) is 0 Å². The van der Waals surface area contributed by atoms with Crippen molar-refractivity contribution in [3.63, 3.8) is 0 Å². The first-order valence-electron chi connectivity index (χ1n) is 6.54. The van der Waals surface area contributed by atoms with Crippen LogP contribution in [0.3, 0.4) is 0 Å². The lowest BCUT2D eigenvalue weighted by Crippen LogP contribution is -2.16. The zero-order valence-electron chi connectivity index (χ0n) is 12.3. The predicted octanol–water partition coefficient (Wildman–Crippen LogP) is 2.25. The Hall–Kier alpha value is -2.08. The number of anilines is 2. The van der Waals surface area contributed by atoms with E-state index in [9.17, 15) is 0 Å². The summed E-state index contributed by atoms with van der Waals surface area (Å²) < 4.78 is 5.13.